The van der Waals surface area contributed by atoms with Crippen molar-refractivity contribution in [1.29, 1.82) is 0 Å². The molecule has 0 aliphatic carbocycles. The molecule has 0 radical (unpaired) electrons. The SMILES string of the molecule is COc1ccc2[nH]c3c(c2c1)CN(C(=O)CCCn1cnc2ccccc2c1=O)CC3. The first-order valence-corrected chi connectivity index (χ1v) is 10.5. The molecule has 4 aromatic rings. The van der Waals surface area contributed by atoms with Crippen LogP contribution in [0.1, 0.15) is 24.1 Å². The fourth-order valence-electron chi connectivity index (χ4n) is 4.36. The summed E-state index contributed by atoms with van der Waals surface area (Å²) >= 11 is 0. The number of nitrogens with zero attached hydrogens (tertiary/aromatic N) is 3. The van der Waals surface area contributed by atoms with Gasteiger partial charge in [-0.15, -0.1) is 0 Å². The Kier molecular flexibility index (Phi) is 4.94. The number of amides is 1. The second kappa shape index (κ2) is 7.91. The maximum atomic E-state index is 12.9. The third-order valence-electron chi connectivity index (χ3n) is 6.06. The largest absolute Gasteiger partial charge is 0.497 e. The van der Waals surface area contributed by atoms with Crippen molar-refractivity contribution in [2.75, 3.05) is 13.7 Å². The molecular formula is C24H24N4O3. The maximum Gasteiger partial charge on any atom is 0.261 e. The molecule has 0 fully saturated rings. The normalized spacial score (nSPS) is 13.5. The van der Waals surface area contributed by atoms with Crippen molar-refractivity contribution in [1.82, 2.24) is 19.4 Å². The Morgan fingerprint density at radius 2 is 2.06 bits per heavy atom. The lowest BCUT2D eigenvalue weighted by atomic mass is 10.0. The highest BCUT2D eigenvalue weighted by Crippen LogP contribution is 2.30. The Morgan fingerprint density at radius 3 is 2.94 bits per heavy atom. The van der Waals surface area contributed by atoms with Gasteiger partial charge in [-0.1, -0.05) is 12.1 Å². The Morgan fingerprint density at radius 1 is 1.19 bits per heavy atom. The Bertz CT molecular complexity index is 1340. The zero-order valence-electron chi connectivity index (χ0n) is 17.4. The Labute approximate surface area is 179 Å². The number of aromatic nitrogens is 3. The molecule has 2 aromatic carbocycles. The highest BCUT2D eigenvalue weighted by molar-refractivity contribution is 5.87. The molecular weight excluding hydrogens is 392 g/mol. The number of hydrogen-bond acceptors (Lipinski definition) is 4. The highest BCUT2D eigenvalue weighted by Gasteiger charge is 2.24. The van der Waals surface area contributed by atoms with Crippen molar-refractivity contribution in [3.05, 3.63) is 70.4 Å². The van der Waals surface area contributed by atoms with Crippen molar-refractivity contribution < 1.29 is 9.53 Å². The summed E-state index contributed by atoms with van der Waals surface area (Å²) in [6.45, 7) is 1.78. The number of H-pyrrole nitrogens is 1. The third kappa shape index (κ3) is 3.56. The predicted octanol–water partition coefficient (Wildman–Crippen LogP) is 3.25. The molecule has 158 valence electrons. The van der Waals surface area contributed by atoms with Crippen molar-refractivity contribution in [3.8, 4) is 5.75 Å². The average Bonchev–Trinajstić information content (AvgIpc) is 3.17. The molecule has 7 heteroatoms. The van der Waals surface area contributed by atoms with E-state index >= 15 is 0 Å². The van der Waals surface area contributed by atoms with Crippen LogP contribution in [0.4, 0.5) is 0 Å². The lowest BCUT2D eigenvalue weighted by Crippen LogP contribution is -2.35. The number of nitrogens with one attached hydrogen (secondary N) is 1. The number of fused-ring (bicyclic) bond motifs is 4. The fourth-order valence-corrected chi connectivity index (χ4v) is 4.36. The van der Waals surface area contributed by atoms with Crippen LogP contribution in [0.5, 0.6) is 5.75 Å². The summed E-state index contributed by atoms with van der Waals surface area (Å²) in [4.78, 5) is 35.2. The van der Waals surface area contributed by atoms with Gasteiger partial charge in [0.05, 0.1) is 24.3 Å². The van der Waals surface area contributed by atoms with Crippen molar-refractivity contribution >= 4 is 27.7 Å². The van der Waals surface area contributed by atoms with E-state index in [-0.39, 0.29) is 11.5 Å². The van der Waals surface area contributed by atoms with Crippen LogP contribution in [0, 0.1) is 0 Å². The molecule has 7 nitrogen and oxygen atoms in total. The number of benzene rings is 2. The number of aromatic amines is 1. The van der Waals surface area contributed by atoms with Gasteiger partial charge in [0.25, 0.3) is 5.56 Å². The first kappa shape index (κ1) is 19.4. The minimum absolute atomic E-state index is 0.0617. The summed E-state index contributed by atoms with van der Waals surface area (Å²) in [5.74, 6) is 0.928. The quantitative estimate of drug-likeness (QED) is 0.542. The van der Waals surface area contributed by atoms with E-state index in [9.17, 15) is 9.59 Å². The molecule has 0 unspecified atom stereocenters. The first-order chi connectivity index (χ1) is 15.1. The van der Waals surface area contributed by atoms with E-state index in [1.807, 2.05) is 41.3 Å². The number of carbonyl (C=O) groups excluding carboxylic acids is 1. The van der Waals surface area contributed by atoms with Crippen molar-refractivity contribution in [3.63, 3.8) is 0 Å². The first-order valence-electron chi connectivity index (χ1n) is 10.5. The van der Waals surface area contributed by atoms with Crippen LogP contribution in [0.2, 0.25) is 0 Å². The highest BCUT2D eigenvalue weighted by atomic mass is 16.5. The van der Waals surface area contributed by atoms with Gasteiger partial charge >= 0.3 is 0 Å². The molecule has 2 aromatic heterocycles. The number of carbonyl (C=O) groups is 1. The van der Waals surface area contributed by atoms with Gasteiger partial charge in [0.1, 0.15) is 5.75 Å². The average molecular weight is 416 g/mol. The Hall–Kier alpha value is -3.61. The van der Waals surface area contributed by atoms with Gasteiger partial charge in [0.15, 0.2) is 0 Å². The number of ether oxygens (including phenoxy) is 1. The van der Waals surface area contributed by atoms with E-state index in [1.54, 1.807) is 24.1 Å². The predicted molar refractivity (Wildman–Crippen MR) is 119 cm³/mol. The summed E-state index contributed by atoms with van der Waals surface area (Å²) in [6, 6.07) is 13.3. The molecule has 0 atom stereocenters. The number of para-hydroxylation sites is 1. The van der Waals surface area contributed by atoms with Crippen molar-refractivity contribution in [2.45, 2.75) is 32.4 Å². The number of hydrogen-bond donors (Lipinski definition) is 1. The number of rotatable bonds is 5. The summed E-state index contributed by atoms with van der Waals surface area (Å²) in [5.41, 5.74) is 4.07. The maximum absolute atomic E-state index is 12.9. The van der Waals surface area contributed by atoms with Gasteiger partial charge in [-0.05, 0) is 36.8 Å². The van der Waals surface area contributed by atoms with E-state index < -0.39 is 0 Å². The summed E-state index contributed by atoms with van der Waals surface area (Å²) in [6.07, 6.45) is 3.39. The molecule has 0 bridgehead atoms. The topological polar surface area (TPSA) is 80.2 Å². The Balaban J connectivity index is 1.26. The molecule has 1 aliphatic rings. The zero-order chi connectivity index (χ0) is 21.4. The minimum atomic E-state index is -0.0617. The molecule has 0 saturated carbocycles. The van der Waals surface area contributed by atoms with Crippen LogP contribution in [0.25, 0.3) is 21.8 Å². The van der Waals surface area contributed by atoms with Gasteiger partial charge in [-0.3, -0.25) is 14.2 Å². The minimum Gasteiger partial charge on any atom is -0.497 e. The summed E-state index contributed by atoms with van der Waals surface area (Å²) in [7, 11) is 1.66. The molecule has 5 rings (SSSR count). The van der Waals surface area contributed by atoms with E-state index in [0.717, 1.165) is 23.1 Å². The second-order valence-corrected chi connectivity index (χ2v) is 7.92. The molecule has 0 saturated heterocycles. The molecule has 1 aliphatic heterocycles. The zero-order valence-corrected chi connectivity index (χ0v) is 17.4. The van der Waals surface area contributed by atoms with Gasteiger partial charge < -0.3 is 14.6 Å². The third-order valence-corrected chi connectivity index (χ3v) is 6.06. The van der Waals surface area contributed by atoms with E-state index in [1.165, 1.54) is 11.3 Å². The van der Waals surface area contributed by atoms with Crippen LogP contribution in [0.3, 0.4) is 0 Å². The van der Waals surface area contributed by atoms with Gasteiger partial charge in [0.2, 0.25) is 5.91 Å². The van der Waals surface area contributed by atoms with Gasteiger partial charge in [-0.25, -0.2) is 4.98 Å². The van der Waals surface area contributed by atoms with Crippen LogP contribution < -0.4 is 10.3 Å². The molecule has 1 amide bonds. The van der Waals surface area contributed by atoms with Gasteiger partial charge in [-0.2, -0.15) is 0 Å². The van der Waals surface area contributed by atoms with Crippen molar-refractivity contribution in [2.24, 2.45) is 0 Å². The number of methoxy groups -OCH3 is 1. The molecule has 0 spiro atoms. The van der Waals surface area contributed by atoms with Crippen LogP contribution in [-0.2, 0) is 24.3 Å². The van der Waals surface area contributed by atoms with E-state index in [0.29, 0.717) is 43.4 Å². The number of aryl methyl sites for hydroxylation is 1. The van der Waals surface area contributed by atoms with Crippen LogP contribution >= 0.6 is 0 Å². The molecule has 31 heavy (non-hydrogen) atoms. The molecule has 3 heterocycles. The summed E-state index contributed by atoms with van der Waals surface area (Å²) in [5, 5.41) is 1.72. The van der Waals surface area contributed by atoms with E-state index in [2.05, 4.69) is 9.97 Å². The lowest BCUT2D eigenvalue weighted by Gasteiger charge is -2.27. The van der Waals surface area contributed by atoms with Crippen LogP contribution in [-0.4, -0.2) is 39.0 Å². The monoisotopic (exact) mass is 416 g/mol. The van der Waals surface area contributed by atoms with E-state index in [4.69, 9.17) is 4.74 Å². The van der Waals surface area contributed by atoms with Gasteiger partial charge in [0, 0.05) is 54.6 Å². The standard InChI is InChI=1S/C24H24N4O3/c1-31-16-8-9-21-18(13-16)19-14-27(12-10-22(19)26-21)23(29)7-4-11-28-15-25-20-6-3-2-5-17(20)24(28)30/h2-3,5-6,8-9,13,15,26H,4,7,10-12,14H2,1H3. The lowest BCUT2D eigenvalue weighted by molar-refractivity contribution is -0.132. The fraction of sp³-hybridized carbons (Fsp3) is 0.292. The summed E-state index contributed by atoms with van der Waals surface area (Å²) < 4.78 is 6.95. The van der Waals surface area contributed by atoms with Crippen LogP contribution in [0.15, 0.2) is 53.6 Å². The smallest absolute Gasteiger partial charge is 0.261 e. The molecule has 1 N–H and O–H groups in total. The second-order valence-electron chi connectivity index (χ2n) is 7.92.